The monoisotopic (exact) mass is 411 g/mol. The van der Waals surface area contributed by atoms with E-state index in [4.69, 9.17) is 0 Å². The lowest BCUT2D eigenvalue weighted by molar-refractivity contribution is 0.178. The summed E-state index contributed by atoms with van der Waals surface area (Å²) in [5, 5.41) is 1.86. The van der Waals surface area contributed by atoms with Crippen LogP contribution in [0, 0.1) is 11.3 Å². The molecule has 27 heavy (non-hydrogen) atoms. The maximum absolute atomic E-state index is 12.2. The highest BCUT2D eigenvalue weighted by molar-refractivity contribution is 7.88. The summed E-state index contributed by atoms with van der Waals surface area (Å²) >= 11 is 1.45. The molecule has 148 valence electrons. The van der Waals surface area contributed by atoms with Crippen LogP contribution in [0.3, 0.4) is 0 Å². The smallest absolute Gasteiger partial charge is 0.258 e. The molecular formula is C17H25N5O3S2. The Morgan fingerprint density at radius 1 is 1.33 bits per heavy atom. The van der Waals surface area contributed by atoms with Gasteiger partial charge in [-0.2, -0.15) is 0 Å². The molecule has 2 aromatic heterocycles. The highest BCUT2D eigenvalue weighted by atomic mass is 32.2. The first-order chi connectivity index (χ1) is 12.7. The van der Waals surface area contributed by atoms with Crippen LogP contribution >= 0.6 is 11.3 Å². The third-order valence-electron chi connectivity index (χ3n) is 5.64. The minimum absolute atomic E-state index is 0.0538. The summed E-state index contributed by atoms with van der Waals surface area (Å²) in [5.74, 6) is 0.293. The van der Waals surface area contributed by atoms with Crippen molar-refractivity contribution >= 4 is 26.3 Å². The van der Waals surface area contributed by atoms with Gasteiger partial charge in [0.1, 0.15) is 0 Å². The molecule has 2 atom stereocenters. The summed E-state index contributed by atoms with van der Waals surface area (Å²) in [4.78, 5) is 22.0. The average Bonchev–Trinajstić information content (AvgIpc) is 3.18. The zero-order valence-corrected chi connectivity index (χ0v) is 17.5. The molecule has 2 aliphatic heterocycles. The van der Waals surface area contributed by atoms with Gasteiger partial charge in [0, 0.05) is 62.3 Å². The topological polar surface area (TPSA) is 78.2 Å². The molecular weight excluding hydrogens is 386 g/mol. The summed E-state index contributed by atoms with van der Waals surface area (Å²) in [6, 6.07) is 1.61. The second kappa shape index (κ2) is 6.63. The van der Waals surface area contributed by atoms with Crippen molar-refractivity contribution in [2.24, 2.45) is 11.3 Å². The Balaban J connectivity index is 1.56. The third-order valence-corrected chi connectivity index (χ3v) is 7.61. The molecule has 2 saturated heterocycles. The van der Waals surface area contributed by atoms with E-state index < -0.39 is 10.0 Å². The van der Waals surface area contributed by atoms with Crippen LogP contribution < -0.4 is 5.56 Å². The van der Waals surface area contributed by atoms with Crippen LogP contribution in [-0.4, -0.2) is 85.0 Å². The first-order valence-electron chi connectivity index (χ1n) is 8.94. The molecule has 0 unspecified atom stereocenters. The largest absolute Gasteiger partial charge is 0.309 e. The van der Waals surface area contributed by atoms with Crippen molar-refractivity contribution in [3.63, 3.8) is 0 Å². The second-order valence-corrected chi connectivity index (χ2v) is 11.0. The molecule has 0 radical (unpaired) electrons. The minimum atomic E-state index is -3.18. The number of likely N-dealkylation sites (tertiary alicyclic amines) is 1. The molecule has 10 heteroatoms. The predicted molar refractivity (Wildman–Crippen MR) is 106 cm³/mol. The van der Waals surface area contributed by atoms with E-state index in [1.165, 1.54) is 17.6 Å². The molecule has 0 saturated carbocycles. The molecule has 0 bridgehead atoms. The van der Waals surface area contributed by atoms with Gasteiger partial charge in [-0.05, 0) is 20.0 Å². The number of hydrogen-bond donors (Lipinski definition) is 0. The lowest BCUT2D eigenvalue weighted by Gasteiger charge is -2.32. The summed E-state index contributed by atoms with van der Waals surface area (Å²) in [7, 11) is 0.888. The second-order valence-electron chi connectivity index (χ2n) is 8.16. The number of thiazole rings is 1. The van der Waals surface area contributed by atoms with Crippen LogP contribution in [0.2, 0.25) is 0 Å². The molecule has 0 aromatic carbocycles. The lowest BCUT2D eigenvalue weighted by Crippen LogP contribution is -2.42. The minimum Gasteiger partial charge on any atom is -0.309 e. The Morgan fingerprint density at radius 2 is 2.11 bits per heavy atom. The Bertz CT molecular complexity index is 1010. The Labute approximate surface area is 163 Å². The molecule has 0 amide bonds. The van der Waals surface area contributed by atoms with Gasteiger partial charge in [0.15, 0.2) is 4.96 Å². The van der Waals surface area contributed by atoms with E-state index in [2.05, 4.69) is 14.8 Å². The van der Waals surface area contributed by atoms with Crippen LogP contribution in [0.15, 0.2) is 22.4 Å². The number of fused-ring (bicyclic) bond motifs is 2. The van der Waals surface area contributed by atoms with E-state index in [1.807, 2.05) is 19.5 Å². The molecule has 0 N–H and O–H groups in total. The van der Waals surface area contributed by atoms with Crippen LogP contribution in [0.25, 0.3) is 4.96 Å². The summed E-state index contributed by atoms with van der Waals surface area (Å²) < 4.78 is 27.3. The molecule has 4 heterocycles. The first-order valence-corrected chi connectivity index (χ1v) is 11.7. The third kappa shape index (κ3) is 3.56. The van der Waals surface area contributed by atoms with Crippen LogP contribution in [0.5, 0.6) is 0 Å². The summed E-state index contributed by atoms with van der Waals surface area (Å²) in [6.07, 6.45) is 3.04. The Hall–Kier alpha value is -1.33. The van der Waals surface area contributed by atoms with Gasteiger partial charge in [0.2, 0.25) is 10.0 Å². The highest BCUT2D eigenvalue weighted by Gasteiger charge is 2.54. The van der Waals surface area contributed by atoms with E-state index in [0.29, 0.717) is 30.5 Å². The van der Waals surface area contributed by atoms with Crippen molar-refractivity contribution in [2.45, 2.75) is 6.54 Å². The zero-order chi connectivity index (χ0) is 19.4. The van der Waals surface area contributed by atoms with Crippen molar-refractivity contribution in [1.82, 2.24) is 23.5 Å². The molecule has 2 fully saturated rings. The van der Waals surface area contributed by atoms with Crippen molar-refractivity contribution in [3.8, 4) is 0 Å². The van der Waals surface area contributed by atoms with E-state index in [9.17, 15) is 13.2 Å². The number of hydrogen-bond acceptors (Lipinski definition) is 7. The van der Waals surface area contributed by atoms with E-state index in [0.717, 1.165) is 25.3 Å². The van der Waals surface area contributed by atoms with E-state index in [1.54, 1.807) is 21.0 Å². The van der Waals surface area contributed by atoms with Gasteiger partial charge in [0.25, 0.3) is 5.56 Å². The number of aromatic nitrogens is 2. The molecule has 0 aliphatic carbocycles. The molecule has 2 aromatic rings. The SMILES string of the molecule is CN(C)C[C@]12CN(Cc3cc(=O)n4ccsc4n3)C[C@H]1CN(S(C)(=O)=O)C2. The normalized spacial score (nSPS) is 27.0. The standard InChI is InChI=1S/C17H25N5O3S2/c1-19(2)10-17-11-20(7-13(17)8-21(12-17)27(3,24)25)9-14-6-15(23)22-4-5-26-16(22)18-14/h4-6,13H,7-12H2,1-3H3/t13-,17+/m0/s1. The number of nitrogens with zero attached hydrogens (tertiary/aromatic N) is 5. The van der Waals surface area contributed by atoms with Crippen LogP contribution in [0.4, 0.5) is 0 Å². The van der Waals surface area contributed by atoms with Gasteiger partial charge in [0.05, 0.1) is 11.9 Å². The quantitative estimate of drug-likeness (QED) is 0.690. The van der Waals surface area contributed by atoms with E-state index in [-0.39, 0.29) is 11.0 Å². The average molecular weight is 412 g/mol. The predicted octanol–water partition coefficient (Wildman–Crippen LogP) is 0.0110. The number of sulfonamides is 1. The van der Waals surface area contributed by atoms with Gasteiger partial charge < -0.3 is 4.90 Å². The van der Waals surface area contributed by atoms with Crippen molar-refractivity contribution in [1.29, 1.82) is 0 Å². The molecule has 2 aliphatic rings. The molecule has 4 rings (SSSR count). The van der Waals surface area contributed by atoms with Crippen molar-refractivity contribution in [3.05, 3.63) is 33.7 Å². The number of rotatable bonds is 5. The van der Waals surface area contributed by atoms with Crippen LogP contribution in [0.1, 0.15) is 5.69 Å². The Morgan fingerprint density at radius 3 is 2.81 bits per heavy atom. The van der Waals surface area contributed by atoms with Crippen LogP contribution in [-0.2, 0) is 16.6 Å². The van der Waals surface area contributed by atoms with Crippen molar-refractivity contribution in [2.75, 3.05) is 53.1 Å². The van der Waals surface area contributed by atoms with Gasteiger partial charge in [-0.3, -0.25) is 14.1 Å². The van der Waals surface area contributed by atoms with Gasteiger partial charge in [-0.25, -0.2) is 17.7 Å². The molecule has 0 spiro atoms. The lowest BCUT2D eigenvalue weighted by atomic mass is 9.80. The fourth-order valence-corrected chi connectivity index (χ4v) is 6.35. The fraction of sp³-hybridized carbons (Fsp3) is 0.647. The molecule has 8 nitrogen and oxygen atoms in total. The fourth-order valence-electron chi connectivity index (χ4n) is 4.67. The zero-order valence-electron chi connectivity index (χ0n) is 15.8. The van der Waals surface area contributed by atoms with E-state index >= 15 is 0 Å². The highest BCUT2D eigenvalue weighted by Crippen LogP contribution is 2.44. The summed E-state index contributed by atoms with van der Waals surface area (Å²) in [5.41, 5.74) is 0.651. The first kappa shape index (κ1) is 19.0. The van der Waals surface area contributed by atoms with Gasteiger partial charge in [-0.15, -0.1) is 11.3 Å². The summed E-state index contributed by atoms with van der Waals surface area (Å²) in [6.45, 7) is 4.24. The maximum atomic E-state index is 12.2. The van der Waals surface area contributed by atoms with Gasteiger partial charge in [-0.1, -0.05) is 0 Å². The Kier molecular flexibility index (Phi) is 4.66. The maximum Gasteiger partial charge on any atom is 0.258 e. The van der Waals surface area contributed by atoms with Gasteiger partial charge >= 0.3 is 0 Å². The van der Waals surface area contributed by atoms with Crippen molar-refractivity contribution < 1.29 is 8.42 Å².